The normalized spacial score (nSPS) is 14.2. The predicted octanol–water partition coefficient (Wildman–Crippen LogP) is 3.87. The molecule has 1 N–H and O–H groups in total. The molecule has 0 radical (unpaired) electrons. The lowest BCUT2D eigenvalue weighted by atomic mass is 10.1. The quantitative estimate of drug-likeness (QED) is 0.136. The maximum absolute atomic E-state index is 12.7. The largest absolute Gasteiger partial charge is 0.493 e. The van der Waals surface area contributed by atoms with Crippen LogP contribution in [0.15, 0.2) is 53.1 Å². The molecule has 2 aromatic rings. The molecular formula is C30H38N4O8S. The van der Waals surface area contributed by atoms with Crippen LogP contribution in [0.3, 0.4) is 0 Å². The van der Waals surface area contributed by atoms with Crippen molar-refractivity contribution in [1.82, 2.24) is 9.80 Å². The Bertz CT molecular complexity index is 1290. The van der Waals surface area contributed by atoms with Crippen molar-refractivity contribution in [3.05, 3.63) is 64.6 Å². The highest BCUT2D eigenvalue weighted by Gasteiger charge is 2.26. The van der Waals surface area contributed by atoms with Crippen molar-refractivity contribution in [3.8, 4) is 11.5 Å². The molecule has 0 aromatic heterocycles. The molecule has 1 fully saturated rings. The van der Waals surface area contributed by atoms with E-state index in [0.29, 0.717) is 23.6 Å². The Balaban J connectivity index is 1.41. The van der Waals surface area contributed by atoms with Crippen LogP contribution in [0.1, 0.15) is 29.8 Å². The molecule has 0 bridgehead atoms. The standard InChI is InChI=1S/C30H38N4O8S/c1-30(2,43-32-38)21-34-15-13-33(14-16-34)17-18-41-28(36)20-42-29(37)23-7-5-6-8-24(23)31-27(35)12-10-22-9-11-25(39-3)26(19-22)40-4/h5-12,19H,13-18,20-21H2,1-4H3,(H,31,35). The monoisotopic (exact) mass is 614 g/mol. The summed E-state index contributed by atoms with van der Waals surface area (Å²) in [5, 5.41) is 2.67. The zero-order valence-corrected chi connectivity index (χ0v) is 25.7. The Kier molecular flexibility index (Phi) is 13.0. The fourth-order valence-corrected chi connectivity index (χ4v) is 4.89. The fraction of sp³-hybridized carbons (Fsp3) is 0.433. The fourth-order valence-electron chi connectivity index (χ4n) is 4.44. The van der Waals surface area contributed by atoms with Crippen LogP contribution in [0.2, 0.25) is 0 Å². The molecule has 1 saturated heterocycles. The van der Waals surface area contributed by atoms with Gasteiger partial charge in [-0.05, 0) is 49.8 Å². The molecule has 232 valence electrons. The Hall–Kier alpha value is -3.94. The lowest BCUT2D eigenvalue weighted by Crippen LogP contribution is -2.50. The second-order valence-corrected chi connectivity index (χ2v) is 11.8. The van der Waals surface area contributed by atoms with Gasteiger partial charge >= 0.3 is 11.9 Å². The number of methoxy groups -OCH3 is 2. The maximum Gasteiger partial charge on any atom is 0.344 e. The highest BCUT2D eigenvalue weighted by Crippen LogP contribution is 2.28. The van der Waals surface area contributed by atoms with Gasteiger partial charge in [-0.15, -0.1) is 4.91 Å². The number of nitroso groups, excluding NO2 is 1. The van der Waals surface area contributed by atoms with Crippen LogP contribution in [-0.4, -0.2) is 99.1 Å². The van der Waals surface area contributed by atoms with E-state index < -0.39 is 24.5 Å². The Morgan fingerprint density at radius 2 is 1.67 bits per heavy atom. The highest BCUT2D eigenvalue weighted by molar-refractivity contribution is 7.99. The molecule has 0 atom stereocenters. The van der Waals surface area contributed by atoms with Gasteiger partial charge in [0.1, 0.15) is 6.61 Å². The molecule has 43 heavy (non-hydrogen) atoms. The SMILES string of the molecule is COc1ccc(C=CC(=O)Nc2ccccc2C(=O)OCC(=O)OCCN2CCN(CC(C)(C)SN=O)CC2)cc1OC. The summed E-state index contributed by atoms with van der Waals surface area (Å²) in [5.41, 5.74) is 1.06. The van der Waals surface area contributed by atoms with E-state index in [2.05, 4.69) is 19.7 Å². The van der Waals surface area contributed by atoms with Gasteiger partial charge in [0.15, 0.2) is 18.1 Å². The Labute approximate surface area is 255 Å². The van der Waals surface area contributed by atoms with Crippen molar-refractivity contribution in [3.63, 3.8) is 0 Å². The van der Waals surface area contributed by atoms with Crippen LogP contribution < -0.4 is 14.8 Å². The summed E-state index contributed by atoms with van der Waals surface area (Å²) in [4.78, 5) is 52.5. The third-order valence-corrected chi connectivity index (χ3v) is 7.28. The number of benzene rings is 2. The van der Waals surface area contributed by atoms with Crippen LogP contribution in [0.25, 0.3) is 6.08 Å². The second-order valence-electron chi connectivity index (χ2n) is 10.3. The summed E-state index contributed by atoms with van der Waals surface area (Å²) in [7, 11) is 3.06. The first kappa shape index (κ1) is 33.6. The van der Waals surface area contributed by atoms with E-state index in [4.69, 9.17) is 18.9 Å². The number of anilines is 1. The number of rotatable bonds is 15. The summed E-state index contributed by atoms with van der Waals surface area (Å²) in [6, 6.07) is 11.6. The Morgan fingerprint density at radius 1 is 0.977 bits per heavy atom. The van der Waals surface area contributed by atoms with E-state index in [9.17, 15) is 19.3 Å². The number of hydrogen-bond acceptors (Lipinski definition) is 12. The number of carbonyl (C=O) groups excluding carboxylic acids is 3. The number of carbonyl (C=O) groups is 3. The number of amides is 1. The van der Waals surface area contributed by atoms with Crippen molar-refractivity contribution in [2.24, 2.45) is 4.58 Å². The zero-order valence-electron chi connectivity index (χ0n) is 24.9. The summed E-state index contributed by atoms with van der Waals surface area (Å²) in [5.74, 6) is -0.791. The molecular weight excluding hydrogens is 576 g/mol. The van der Waals surface area contributed by atoms with Crippen molar-refractivity contribution in [1.29, 1.82) is 0 Å². The molecule has 0 aliphatic carbocycles. The summed E-state index contributed by atoms with van der Waals surface area (Å²) in [6.07, 6.45) is 2.92. The van der Waals surface area contributed by atoms with Crippen LogP contribution in [0.5, 0.6) is 11.5 Å². The third-order valence-electron chi connectivity index (χ3n) is 6.58. The number of nitrogens with one attached hydrogen (secondary N) is 1. The van der Waals surface area contributed by atoms with Gasteiger partial charge < -0.3 is 24.3 Å². The minimum Gasteiger partial charge on any atom is -0.493 e. The number of nitrogens with zero attached hydrogens (tertiary/aromatic N) is 3. The maximum atomic E-state index is 12.7. The molecule has 0 saturated carbocycles. The molecule has 3 rings (SSSR count). The van der Waals surface area contributed by atoms with Crippen molar-refractivity contribution >= 4 is 41.6 Å². The number of hydrogen-bond donors (Lipinski definition) is 1. The van der Waals surface area contributed by atoms with Crippen LogP contribution in [0.4, 0.5) is 5.69 Å². The molecule has 13 heteroatoms. The number of para-hydroxylation sites is 1. The van der Waals surface area contributed by atoms with Crippen molar-refractivity contribution in [2.75, 3.05) is 72.0 Å². The first-order chi connectivity index (χ1) is 20.6. The predicted molar refractivity (Wildman–Crippen MR) is 165 cm³/mol. The third kappa shape index (κ3) is 11.0. The topological polar surface area (TPSA) is 136 Å². The van der Waals surface area contributed by atoms with Crippen molar-refractivity contribution < 1.29 is 33.3 Å². The summed E-state index contributed by atoms with van der Waals surface area (Å²) >= 11 is 1.05. The lowest BCUT2D eigenvalue weighted by Gasteiger charge is -2.37. The average Bonchev–Trinajstić information content (AvgIpc) is 2.99. The van der Waals surface area contributed by atoms with Crippen LogP contribution in [-0.2, 0) is 19.1 Å². The molecule has 1 aliphatic heterocycles. The van der Waals surface area contributed by atoms with Crippen LogP contribution >= 0.6 is 11.9 Å². The number of piperazine rings is 1. The summed E-state index contributed by atoms with van der Waals surface area (Å²) < 4.78 is 23.6. The van der Waals surface area contributed by atoms with Gasteiger partial charge in [0, 0.05) is 66.6 Å². The smallest absolute Gasteiger partial charge is 0.344 e. The number of ether oxygens (including phenoxy) is 4. The highest BCUT2D eigenvalue weighted by atomic mass is 32.2. The van der Waals surface area contributed by atoms with Gasteiger partial charge in [-0.1, -0.05) is 18.2 Å². The zero-order chi connectivity index (χ0) is 31.2. The van der Waals surface area contributed by atoms with Gasteiger partial charge in [0.05, 0.1) is 25.5 Å². The molecule has 0 unspecified atom stereocenters. The average molecular weight is 615 g/mol. The van der Waals surface area contributed by atoms with Crippen LogP contribution in [0, 0.1) is 4.91 Å². The molecule has 2 aromatic carbocycles. The molecule has 12 nitrogen and oxygen atoms in total. The van der Waals surface area contributed by atoms with Gasteiger partial charge in [-0.25, -0.2) is 9.59 Å². The summed E-state index contributed by atoms with van der Waals surface area (Å²) in [6.45, 7) is 8.25. The first-order valence-electron chi connectivity index (χ1n) is 13.7. The van der Waals surface area contributed by atoms with Crippen molar-refractivity contribution in [2.45, 2.75) is 18.6 Å². The minimum absolute atomic E-state index is 0.103. The van der Waals surface area contributed by atoms with E-state index >= 15 is 0 Å². The Morgan fingerprint density at radius 3 is 2.37 bits per heavy atom. The molecule has 1 aliphatic rings. The first-order valence-corrected chi connectivity index (χ1v) is 14.5. The van der Waals surface area contributed by atoms with Gasteiger partial charge in [-0.2, -0.15) is 0 Å². The van der Waals surface area contributed by atoms with E-state index in [1.807, 2.05) is 13.8 Å². The van der Waals surface area contributed by atoms with E-state index in [1.54, 1.807) is 42.5 Å². The lowest BCUT2D eigenvalue weighted by molar-refractivity contribution is -0.147. The van der Waals surface area contributed by atoms with Gasteiger partial charge in [0.25, 0.3) is 0 Å². The second kappa shape index (κ2) is 16.6. The minimum atomic E-state index is -0.765. The van der Waals surface area contributed by atoms with Gasteiger partial charge in [0.2, 0.25) is 5.91 Å². The molecule has 1 amide bonds. The van der Waals surface area contributed by atoms with Gasteiger partial charge in [-0.3, -0.25) is 14.6 Å². The molecule has 1 heterocycles. The van der Waals surface area contributed by atoms with E-state index in [0.717, 1.165) is 44.7 Å². The van der Waals surface area contributed by atoms with E-state index in [-0.39, 0.29) is 22.6 Å². The number of esters is 2. The van der Waals surface area contributed by atoms with E-state index in [1.165, 1.54) is 26.4 Å². The molecule has 0 spiro atoms.